The molecule has 0 heterocycles. The maximum Gasteiger partial charge on any atom is 0.126 e. The van der Waals surface area contributed by atoms with E-state index in [4.69, 9.17) is 10.6 Å². The Morgan fingerprint density at radius 2 is 2.00 bits per heavy atom. The van der Waals surface area contributed by atoms with E-state index in [1.165, 1.54) is 6.07 Å². The van der Waals surface area contributed by atoms with Gasteiger partial charge in [0.2, 0.25) is 0 Å². The molecule has 1 unspecified atom stereocenters. The molecule has 0 saturated heterocycles. The van der Waals surface area contributed by atoms with Crippen molar-refractivity contribution >= 4 is 0 Å². The van der Waals surface area contributed by atoms with Gasteiger partial charge in [0.1, 0.15) is 11.6 Å². The first-order valence-electron chi connectivity index (χ1n) is 7.02. The molecule has 0 spiro atoms. The van der Waals surface area contributed by atoms with Crippen molar-refractivity contribution in [1.82, 2.24) is 5.43 Å². The molecule has 0 amide bonds. The van der Waals surface area contributed by atoms with Crippen LogP contribution < -0.4 is 16.0 Å². The van der Waals surface area contributed by atoms with Gasteiger partial charge in [-0.3, -0.25) is 11.3 Å². The molecule has 0 aliphatic rings. The van der Waals surface area contributed by atoms with Crippen molar-refractivity contribution in [2.45, 2.75) is 26.3 Å². The molecule has 0 bridgehead atoms. The van der Waals surface area contributed by atoms with E-state index in [1.807, 2.05) is 37.3 Å². The highest BCUT2D eigenvalue weighted by Gasteiger charge is 2.11. The molecule has 21 heavy (non-hydrogen) atoms. The highest BCUT2D eigenvalue weighted by molar-refractivity contribution is 5.28. The molecule has 0 fully saturated rings. The largest absolute Gasteiger partial charge is 0.494 e. The monoisotopic (exact) mass is 288 g/mol. The summed E-state index contributed by atoms with van der Waals surface area (Å²) in [6.07, 6.45) is 0.704. The molecule has 4 heteroatoms. The number of nitrogens with two attached hydrogens (primary N) is 1. The van der Waals surface area contributed by atoms with Gasteiger partial charge in [-0.1, -0.05) is 24.3 Å². The molecular weight excluding hydrogens is 267 g/mol. The van der Waals surface area contributed by atoms with Gasteiger partial charge in [-0.05, 0) is 48.7 Å². The molecule has 0 saturated carbocycles. The summed E-state index contributed by atoms with van der Waals surface area (Å²) in [7, 11) is 0. The summed E-state index contributed by atoms with van der Waals surface area (Å²) in [6.45, 7) is 4.31. The molecular formula is C17H21FN2O. The predicted molar refractivity (Wildman–Crippen MR) is 82.5 cm³/mol. The number of benzene rings is 2. The second kappa shape index (κ2) is 7.20. The molecule has 2 aromatic carbocycles. The third kappa shape index (κ3) is 4.28. The van der Waals surface area contributed by atoms with Crippen molar-refractivity contribution in [3.8, 4) is 5.75 Å². The molecule has 0 radical (unpaired) electrons. The lowest BCUT2D eigenvalue weighted by atomic mass is 10.0. The van der Waals surface area contributed by atoms with Crippen LogP contribution in [0.3, 0.4) is 0 Å². The topological polar surface area (TPSA) is 47.3 Å². The first-order valence-corrected chi connectivity index (χ1v) is 7.02. The lowest BCUT2D eigenvalue weighted by Gasteiger charge is -2.17. The van der Waals surface area contributed by atoms with Crippen LogP contribution in [-0.4, -0.2) is 6.61 Å². The summed E-state index contributed by atoms with van der Waals surface area (Å²) < 4.78 is 19.0. The molecule has 3 N–H and O–H groups in total. The van der Waals surface area contributed by atoms with Gasteiger partial charge in [-0.2, -0.15) is 0 Å². The summed E-state index contributed by atoms with van der Waals surface area (Å²) in [5, 5.41) is 0. The molecule has 1 atom stereocenters. The molecule has 2 aromatic rings. The van der Waals surface area contributed by atoms with E-state index in [9.17, 15) is 4.39 Å². The maximum absolute atomic E-state index is 13.3. The Kier molecular flexibility index (Phi) is 5.31. The lowest BCUT2D eigenvalue weighted by molar-refractivity contribution is 0.287. The van der Waals surface area contributed by atoms with Crippen molar-refractivity contribution < 1.29 is 9.13 Å². The number of halogens is 1. The molecule has 3 nitrogen and oxygen atoms in total. The minimum absolute atomic E-state index is 0.0610. The van der Waals surface area contributed by atoms with Gasteiger partial charge in [0, 0.05) is 12.5 Å². The fourth-order valence-electron chi connectivity index (χ4n) is 2.23. The summed E-state index contributed by atoms with van der Waals surface area (Å²) in [4.78, 5) is 0. The minimum Gasteiger partial charge on any atom is -0.494 e. The van der Waals surface area contributed by atoms with E-state index >= 15 is 0 Å². The van der Waals surface area contributed by atoms with Crippen molar-refractivity contribution in [1.29, 1.82) is 0 Å². The van der Waals surface area contributed by atoms with Gasteiger partial charge < -0.3 is 4.74 Å². The van der Waals surface area contributed by atoms with Crippen LogP contribution in [-0.2, 0) is 0 Å². The first kappa shape index (κ1) is 15.5. The highest BCUT2D eigenvalue weighted by Crippen LogP contribution is 2.20. The third-order valence-electron chi connectivity index (χ3n) is 3.45. The Labute approximate surface area is 124 Å². The zero-order valence-electron chi connectivity index (χ0n) is 12.4. The number of hydrazine groups is 1. The molecule has 0 aromatic heterocycles. The quantitative estimate of drug-likeness (QED) is 0.632. The second-order valence-corrected chi connectivity index (χ2v) is 5.18. The fourth-order valence-corrected chi connectivity index (χ4v) is 2.23. The number of ether oxygens (including phenoxy) is 1. The molecule has 0 aliphatic heterocycles. The van der Waals surface area contributed by atoms with Crippen LogP contribution >= 0.6 is 0 Å². The van der Waals surface area contributed by atoms with Crippen LogP contribution in [0.15, 0.2) is 42.5 Å². The van der Waals surface area contributed by atoms with E-state index < -0.39 is 0 Å². The van der Waals surface area contributed by atoms with Crippen molar-refractivity contribution in [3.05, 3.63) is 65.0 Å². The number of hydrogen-bond acceptors (Lipinski definition) is 3. The summed E-state index contributed by atoms with van der Waals surface area (Å²) >= 11 is 0. The lowest BCUT2D eigenvalue weighted by Crippen LogP contribution is -2.29. The Morgan fingerprint density at radius 3 is 2.67 bits per heavy atom. The van der Waals surface area contributed by atoms with Crippen molar-refractivity contribution in [2.24, 2.45) is 5.84 Å². The molecule has 112 valence electrons. The van der Waals surface area contributed by atoms with E-state index in [2.05, 4.69) is 5.43 Å². The van der Waals surface area contributed by atoms with Crippen LogP contribution in [0.2, 0.25) is 0 Å². The van der Waals surface area contributed by atoms with Gasteiger partial charge in [-0.25, -0.2) is 4.39 Å². The van der Waals surface area contributed by atoms with E-state index in [1.54, 1.807) is 13.0 Å². The van der Waals surface area contributed by atoms with Gasteiger partial charge in [0.05, 0.1) is 6.61 Å². The Morgan fingerprint density at radius 1 is 1.19 bits per heavy atom. The summed E-state index contributed by atoms with van der Waals surface area (Å²) in [5.74, 6) is 6.24. The Hall–Kier alpha value is -1.91. The van der Waals surface area contributed by atoms with Gasteiger partial charge in [0.25, 0.3) is 0 Å². The number of rotatable bonds is 6. The fraction of sp³-hybridized carbons (Fsp3) is 0.294. The average Bonchev–Trinajstić information content (AvgIpc) is 2.47. The van der Waals surface area contributed by atoms with Crippen LogP contribution in [0.25, 0.3) is 0 Å². The summed E-state index contributed by atoms with van der Waals surface area (Å²) in [6, 6.07) is 12.9. The Bertz CT molecular complexity index is 601. The molecule has 0 aliphatic carbocycles. The van der Waals surface area contributed by atoms with Crippen LogP contribution in [0.4, 0.5) is 4.39 Å². The number of hydrogen-bond donors (Lipinski definition) is 2. The molecule has 2 rings (SSSR count). The van der Waals surface area contributed by atoms with Crippen LogP contribution in [0.5, 0.6) is 5.75 Å². The predicted octanol–water partition coefficient (Wildman–Crippen LogP) is 3.42. The van der Waals surface area contributed by atoms with E-state index in [-0.39, 0.29) is 11.9 Å². The van der Waals surface area contributed by atoms with Crippen molar-refractivity contribution in [3.63, 3.8) is 0 Å². The standard InChI is InChI=1S/C17H21FN2O/c1-12-4-3-5-15(10-12)21-9-8-17(20-19)14-6-7-16(18)13(2)11-14/h3-7,10-11,17,20H,8-9,19H2,1-2H3. The second-order valence-electron chi connectivity index (χ2n) is 5.18. The van der Waals surface area contributed by atoms with Gasteiger partial charge in [-0.15, -0.1) is 0 Å². The highest BCUT2D eigenvalue weighted by atomic mass is 19.1. The minimum atomic E-state index is -0.203. The van der Waals surface area contributed by atoms with E-state index in [0.29, 0.717) is 18.6 Å². The number of nitrogens with one attached hydrogen (secondary N) is 1. The number of aryl methyl sites for hydroxylation is 2. The maximum atomic E-state index is 13.3. The normalized spacial score (nSPS) is 12.2. The van der Waals surface area contributed by atoms with Gasteiger partial charge >= 0.3 is 0 Å². The van der Waals surface area contributed by atoms with Crippen LogP contribution in [0, 0.1) is 19.7 Å². The smallest absolute Gasteiger partial charge is 0.126 e. The van der Waals surface area contributed by atoms with Gasteiger partial charge in [0.15, 0.2) is 0 Å². The van der Waals surface area contributed by atoms with E-state index in [0.717, 1.165) is 16.9 Å². The van der Waals surface area contributed by atoms with Crippen LogP contribution in [0.1, 0.15) is 29.2 Å². The van der Waals surface area contributed by atoms with Crippen molar-refractivity contribution in [2.75, 3.05) is 6.61 Å². The first-order chi connectivity index (χ1) is 10.1. The Balaban J connectivity index is 1.94. The third-order valence-corrected chi connectivity index (χ3v) is 3.45. The average molecular weight is 288 g/mol. The summed E-state index contributed by atoms with van der Waals surface area (Å²) in [5.41, 5.74) is 5.50. The zero-order valence-corrected chi connectivity index (χ0v) is 12.4. The zero-order chi connectivity index (χ0) is 15.2. The SMILES string of the molecule is Cc1cccc(OCCC(NN)c2ccc(F)c(C)c2)c1.